The van der Waals surface area contributed by atoms with E-state index in [9.17, 15) is 13.6 Å². The van der Waals surface area contributed by atoms with Crippen molar-refractivity contribution in [2.45, 2.75) is 38.3 Å². The van der Waals surface area contributed by atoms with Crippen LogP contribution >= 0.6 is 0 Å². The fourth-order valence-corrected chi connectivity index (χ4v) is 3.73. The minimum absolute atomic E-state index is 0.00790. The van der Waals surface area contributed by atoms with Gasteiger partial charge < -0.3 is 14.5 Å². The van der Waals surface area contributed by atoms with Gasteiger partial charge in [0.05, 0.1) is 19.4 Å². The first-order valence-electron chi connectivity index (χ1n) is 10.1. The van der Waals surface area contributed by atoms with E-state index in [1.54, 1.807) is 12.0 Å². The van der Waals surface area contributed by atoms with E-state index in [0.29, 0.717) is 18.5 Å². The molecule has 7 heteroatoms. The summed E-state index contributed by atoms with van der Waals surface area (Å²) in [6.45, 7) is 0.383. The average Bonchev–Trinajstić information content (AvgIpc) is 3.16. The van der Waals surface area contributed by atoms with Gasteiger partial charge in [-0.25, -0.2) is 8.78 Å². The van der Waals surface area contributed by atoms with Crippen molar-refractivity contribution >= 4 is 11.6 Å². The number of hydrogen-bond acceptors (Lipinski definition) is 4. The second-order valence-corrected chi connectivity index (χ2v) is 7.78. The first kappa shape index (κ1) is 20.3. The number of amides is 1. The minimum atomic E-state index is -0.649. The summed E-state index contributed by atoms with van der Waals surface area (Å²) in [5, 5.41) is 4.18. The lowest BCUT2D eigenvalue weighted by Gasteiger charge is -2.32. The number of carbonyl (C=O) groups excluding carboxylic acids is 1. The van der Waals surface area contributed by atoms with Crippen LogP contribution in [0.5, 0.6) is 5.75 Å². The molecule has 2 aromatic carbocycles. The number of methoxy groups -OCH3 is 1. The minimum Gasteiger partial charge on any atom is -0.497 e. The molecule has 1 amide bonds. The Balaban J connectivity index is 1.44. The Labute approximate surface area is 174 Å². The molecule has 4 rings (SSSR count). The third kappa shape index (κ3) is 4.45. The van der Waals surface area contributed by atoms with Crippen molar-refractivity contribution in [3.8, 4) is 5.75 Å². The molecule has 5 nitrogen and oxygen atoms in total. The van der Waals surface area contributed by atoms with Crippen molar-refractivity contribution in [1.82, 2.24) is 4.90 Å². The summed E-state index contributed by atoms with van der Waals surface area (Å²) < 4.78 is 32.6. The maximum absolute atomic E-state index is 14.2. The van der Waals surface area contributed by atoms with E-state index >= 15 is 0 Å². The molecule has 0 spiro atoms. The highest BCUT2D eigenvalue weighted by Crippen LogP contribution is 2.30. The fraction of sp³-hybridized carbons (Fsp3) is 0.391. The molecule has 1 unspecified atom stereocenters. The molecule has 1 atom stereocenters. The van der Waals surface area contributed by atoms with Gasteiger partial charge in [0.15, 0.2) is 6.10 Å². The van der Waals surface area contributed by atoms with Crippen LogP contribution in [0.25, 0.3) is 0 Å². The molecule has 158 valence electrons. The molecule has 0 saturated heterocycles. The van der Waals surface area contributed by atoms with Gasteiger partial charge in [0.1, 0.15) is 17.4 Å². The molecule has 0 radical (unpaired) electrons. The summed E-state index contributed by atoms with van der Waals surface area (Å²) >= 11 is 0. The maximum atomic E-state index is 14.2. The van der Waals surface area contributed by atoms with Crippen LogP contribution in [0.2, 0.25) is 0 Å². The first-order chi connectivity index (χ1) is 14.5. The third-order valence-corrected chi connectivity index (χ3v) is 5.72. The highest BCUT2D eigenvalue weighted by Gasteiger charge is 2.33. The van der Waals surface area contributed by atoms with Crippen molar-refractivity contribution in [3.63, 3.8) is 0 Å². The molecule has 1 fully saturated rings. The number of ether oxygens (including phenoxy) is 1. The predicted octanol–water partition coefficient (Wildman–Crippen LogP) is 4.30. The maximum Gasteiger partial charge on any atom is 0.226 e. The number of carbonyl (C=O) groups is 1. The Morgan fingerprint density at radius 1 is 1.20 bits per heavy atom. The zero-order chi connectivity index (χ0) is 21.1. The SMILES string of the molecule is COc1ccc(C2=NOC(CN(Cc3ccc(F)cc3F)C(=O)C3CCC3)C2)cc1. The lowest BCUT2D eigenvalue weighted by Crippen LogP contribution is -2.42. The van der Waals surface area contributed by atoms with Crippen LogP contribution in [0.1, 0.15) is 36.8 Å². The number of oxime groups is 1. The van der Waals surface area contributed by atoms with E-state index in [1.807, 2.05) is 24.3 Å². The molecule has 2 aliphatic rings. The van der Waals surface area contributed by atoms with Gasteiger partial charge in [-0.1, -0.05) is 17.6 Å². The molecule has 1 heterocycles. The van der Waals surface area contributed by atoms with Crippen molar-refractivity contribution in [2.75, 3.05) is 13.7 Å². The lowest BCUT2D eigenvalue weighted by molar-refractivity contribution is -0.140. The molecule has 2 aromatic rings. The highest BCUT2D eigenvalue weighted by atomic mass is 19.1. The van der Waals surface area contributed by atoms with Crippen LogP contribution in [0.15, 0.2) is 47.6 Å². The normalized spacial score (nSPS) is 18.4. The van der Waals surface area contributed by atoms with E-state index in [0.717, 1.165) is 42.4 Å². The summed E-state index contributed by atoms with van der Waals surface area (Å²) in [5.74, 6) is -0.564. The van der Waals surface area contributed by atoms with Gasteiger partial charge in [0, 0.05) is 30.5 Å². The number of benzene rings is 2. The van der Waals surface area contributed by atoms with E-state index in [2.05, 4.69) is 5.16 Å². The predicted molar refractivity (Wildman–Crippen MR) is 108 cm³/mol. The molecular formula is C23H24F2N2O3. The van der Waals surface area contributed by atoms with Crippen LogP contribution in [-0.2, 0) is 16.2 Å². The molecule has 1 saturated carbocycles. The highest BCUT2D eigenvalue weighted by molar-refractivity contribution is 6.01. The van der Waals surface area contributed by atoms with Crippen LogP contribution in [0.3, 0.4) is 0 Å². The Bertz CT molecular complexity index is 942. The Kier molecular flexibility index (Phi) is 5.97. The van der Waals surface area contributed by atoms with Crippen LogP contribution in [-0.4, -0.2) is 36.3 Å². The topological polar surface area (TPSA) is 51.1 Å². The van der Waals surface area contributed by atoms with Gasteiger partial charge in [-0.3, -0.25) is 4.79 Å². The van der Waals surface area contributed by atoms with Crippen molar-refractivity contribution in [3.05, 3.63) is 65.2 Å². The second kappa shape index (κ2) is 8.81. The van der Waals surface area contributed by atoms with Gasteiger partial charge in [-0.05, 0) is 48.7 Å². The molecule has 30 heavy (non-hydrogen) atoms. The van der Waals surface area contributed by atoms with E-state index in [1.165, 1.54) is 12.1 Å². The number of halogens is 2. The van der Waals surface area contributed by atoms with Gasteiger partial charge in [-0.15, -0.1) is 0 Å². The largest absolute Gasteiger partial charge is 0.497 e. The van der Waals surface area contributed by atoms with Crippen LogP contribution in [0.4, 0.5) is 8.78 Å². The molecule has 0 bridgehead atoms. The quantitative estimate of drug-likeness (QED) is 0.679. The summed E-state index contributed by atoms with van der Waals surface area (Å²) in [4.78, 5) is 20.1. The fourth-order valence-electron chi connectivity index (χ4n) is 3.73. The zero-order valence-electron chi connectivity index (χ0n) is 16.8. The standard InChI is InChI=1S/C23H24F2N2O3/c1-29-19-9-6-15(7-10-19)22-12-20(30-26-22)14-27(23(28)16-3-2-4-16)13-17-5-8-18(24)11-21(17)25/h5-11,16,20H,2-4,12-14H2,1H3. The van der Waals surface area contributed by atoms with E-state index in [4.69, 9.17) is 9.57 Å². The van der Waals surface area contributed by atoms with Crippen LogP contribution < -0.4 is 4.74 Å². The van der Waals surface area contributed by atoms with Crippen molar-refractivity contribution in [2.24, 2.45) is 11.1 Å². The smallest absolute Gasteiger partial charge is 0.226 e. The third-order valence-electron chi connectivity index (χ3n) is 5.72. The average molecular weight is 414 g/mol. The van der Waals surface area contributed by atoms with Gasteiger partial charge in [-0.2, -0.15) is 0 Å². The molecular weight excluding hydrogens is 390 g/mol. The summed E-state index contributed by atoms with van der Waals surface area (Å²) in [6.07, 6.45) is 2.96. The summed E-state index contributed by atoms with van der Waals surface area (Å²) in [7, 11) is 1.61. The second-order valence-electron chi connectivity index (χ2n) is 7.78. The van der Waals surface area contributed by atoms with Crippen LogP contribution in [0, 0.1) is 17.6 Å². The van der Waals surface area contributed by atoms with Crippen molar-refractivity contribution < 1.29 is 23.1 Å². The number of rotatable bonds is 7. The molecule has 0 aromatic heterocycles. The van der Waals surface area contributed by atoms with E-state index < -0.39 is 11.6 Å². The van der Waals surface area contributed by atoms with Gasteiger partial charge in [0.25, 0.3) is 0 Å². The van der Waals surface area contributed by atoms with Crippen molar-refractivity contribution in [1.29, 1.82) is 0 Å². The Morgan fingerprint density at radius 2 is 1.97 bits per heavy atom. The van der Waals surface area contributed by atoms with Gasteiger partial charge >= 0.3 is 0 Å². The number of hydrogen-bond donors (Lipinski definition) is 0. The first-order valence-corrected chi connectivity index (χ1v) is 10.1. The summed E-state index contributed by atoms with van der Waals surface area (Å²) in [5.41, 5.74) is 2.02. The lowest BCUT2D eigenvalue weighted by atomic mass is 9.84. The molecule has 0 N–H and O–H groups in total. The Morgan fingerprint density at radius 3 is 2.60 bits per heavy atom. The monoisotopic (exact) mass is 414 g/mol. The molecule has 1 aliphatic heterocycles. The molecule has 1 aliphatic carbocycles. The zero-order valence-corrected chi connectivity index (χ0v) is 16.8. The van der Waals surface area contributed by atoms with E-state index in [-0.39, 0.29) is 24.5 Å². The Hall–Kier alpha value is -2.96. The summed E-state index contributed by atoms with van der Waals surface area (Å²) in [6, 6.07) is 11.0. The number of nitrogens with zero attached hydrogens (tertiary/aromatic N) is 2. The van der Waals surface area contributed by atoms with Gasteiger partial charge in [0.2, 0.25) is 5.91 Å².